The van der Waals surface area contributed by atoms with Crippen molar-refractivity contribution >= 4 is 32.6 Å². The molecular weight excluding hydrogens is 507 g/mol. The molecule has 1 aromatic heterocycles. The number of rotatable bonds is 7. The molecule has 3 nitrogen and oxygen atoms in total. The molecule has 5 heteroatoms. The third-order valence-corrected chi connectivity index (χ3v) is 9.87. The normalized spacial score (nSPS) is 12.0. The van der Waals surface area contributed by atoms with E-state index in [0.29, 0.717) is 0 Å². The molecule has 0 fully saturated rings. The molecular formula is C33H25NO2S2. The van der Waals surface area contributed by atoms with Gasteiger partial charge in [0.1, 0.15) is 0 Å². The van der Waals surface area contributed by atoms with Crippen LogP contribution in [-0.4, -0.2) is 12.4 Å². The van der Waals surface area contributed by atoms with E-state index in [1.807, 2.05) is 91.0 Å². The molecule has 0 bridgehead atoms. The van der Waals surface area contributed by atoms with Crippen LogP contribution in [0.5, 0.6) is 0 Å². The molecule has 0 aliphatic carbocycles. The van der Waals surface area contributed by atoms with E-state index in [0.717, 1.165) is 32.4 Å². The van der Waals surface area contributed by atoms with Crippen molar-refractivity contribution < 1.29 is 8.42 Å². The summed E-state index contributed by atoms with van der Waals surface area (Å²) in [6, 6.07) is 46.1. The van der Waals surface area contributed by atoms with E-state index in [4.69, 9.17) is 0 Å². The molecule has 38 heavy (non-hydrogen) atoms. The standard InChI is InChI=1S/C33H25NO2S2/c35-38(36,32-21-20-26-12-10-11-13-27(26)24-32)34-23-22-31(25-34)37-33(28-14-4-1-5-15-28,29-16-6-2-7-17-29)30-18-8-3-9-19-30/h1-25H. The number of hydrogen-bond acceptors (Lipinski definition) is 3. The topological polar surface area (TPSA) is 39.1 Å². The summed E-state index contributed by atoms with van der Waals surface area (Å²) in [6.07, 6.45) is 3.36. The van der Waals surface area contributed by atoms with Gasteiger partial charge in [0.15, 0.2) is 0 Å². The first-order chi connectivity index (χ1) is 18.6. The Balaban J connectivity index is 1.47. The molecule has 0 aliphatic heterocycles. The maximum absolute atomic E-state index is 13.6. The summed E-state index contributed by atoms with van der Waals surface area (Å²) >= 11 is 1.64. The van der Waals surface area contributed by atoms with Gasteiger partial charge in [0.2, 0.25) is 0 Å². The predicted molar refractivity (Wildman–Crippen MR) is 156 cm³/mol. The lowest BCUT2D eigenvalue weighted by molar-refractivity contribution is 0.587. The van der Waals surface area contributed by atoms with Gasteiger partial charge in [0.05, 0.1) is 9.64 Å². The number of fused-ring (bicyclic) bond motifs is 1. The molecule has 5 aromatic carbocycles. The van der Waals surface area contributed by atoms with Crippen LogP contribution in [0.1, 0.15) is 16.7 Å². The van der Waals surface area contributed by atoms with Crippen molar-refractivity contribution in [1.82, 2.24) is 3.97 Å². The Hall–Kier alpha value is -4.06. The molecule has 0 N–H and O–H groups in total. The van der Waals surface area contributed by atoms with Crippen LogP contribution in [0.15, 0.2) is 162 Å². The second-order valence-corrected chi connectivity index (χ2v) is 12.2. The highest BCUT2D eigenvalue weighted by molar-refractivity contribution is 8.00. The van der Waals surface area contributed by atoms with Crippen molar-refractivity contribution in [3.8, 4) is 0 Å². The van der Waals surface area contributed by atoms with Crippen LogP contribution in [-0.2, 0) is 14.8 Å². The van der Waals surface area contributed by atoms with Crippen molar-refractivity contribution in [1.29, 1.82) is 0 Å². The number of nitrogens with zero attached hydrogens (tertiary/aromatic N) is 1. The van der Waals surface area contributed by atoms with Crippen LogP contribution < -0.4 is 0 Å². The average molecular weight is 532 g/mol. The van der Waals surface area contributed by atoms with Crippen LogP contribution >= 0.6 is 11.8 Å². The summed E-state index contributed by atoms with van der Waals surface area (Å²) in [5, 5.41) is 1.90. The van der Waals surface area contributed by atoms with Gasteiger partial charge in [-0.3, -0.25) is 0 Å². The Bertz CT molecular complexity index is 1700. The van der Waals surface area contributed by atoms with E-state index >= 15 is 0 Å². The fourth-order valence-electron chi connectivity index (χ4n) is 4.89. The summed E-state index contributed by atoms with van der Waals surface area (Å²) < 4.78 is 28.0. The van der Waals surface area contributed by atoms with Gasteiger partial charge in [-0.05, 0) is 45.7 Å². The van der Waals surface area contributed by atoms with E-state index in [1.54, 1.807) is 36.3 Å². The molecule has 0 unspecified atom stereocenters. The molecule has 0 atom stereocenters. The molecule has 0 saturated heterocycles. The van der Waals surface area contributed by atoms with Crippen molar-refractivity contribution in [3.05, 3.63) is 169 Å². The Kier molecular flexibility index (Phi) is 6.40. The van der Waals surface area contributed by atoms with E-state index in [1.165, 1.54) is 3.97 Å². The summed E-state index contributed by atoms with van der Waals surface area (Å²) in [6.45, 7) is 0. The average Bonchev–Trinajstić information content (AvgIpc) is 3.46. The zero-order valence-electron chi connectivity index (χ0n) is 20.5. The number of hydrogen-bond donors (Lipinski definition) is 0. The van der Waals surface area contributed by atoms with Crippen LogP contribution in [0, 0.1) is 0 Å². The zero-order chi connectivity index (χ0) is 26.0. The van der Waals surface area contributed by atoms with Gasteiger partial charge in [0.25, 0.3) is 10.0 Å². The molecule has 0 aliphatic rings. The number of thioether (sulfide) groups is 1. The lowest BCUT2D eigenvalue weighted by atomic mass is 9.84. The minimum atomic E-state index is -3.76. The van der Waals surface area contributed by atoms with E-state index in [9.17, 15) is 8.42 Å². The molecule has 1 heterocycles. The summed E-state index contributed by atoms with van der Waals surface area (Å²) in [5.74, 6) is 0. The predicted octanol–water partition coefficient (Wildman–Crippen LogP) is 7.96. The fourth-order valence-corrected chi connectivity index (χ4v) is 7.60. The Morgan fingerprint density at radius 2 is 1.05 bits per heavy atom. The first-order valence-corrected chi connectivity index (χ1v) is 14.6. The van der Waals surface area contributed by atoms with Crippen molar-refractivity contribution in [2.24, 2.45) is 0 Å². The second kappa shape index (κ2) is 10.0. The monoisotopic (exact) mass is 531 g/mol. The van der Waals surface area contributed by atoms with Crippen molar-refractivity contribution in [3.63, 3.8) is 0 Å². The molecule has 0 spiro atoms. The van der Waals surface area contributed by atoms with Gasteiger partial charge in [-0.1, -0.05) is 121 Å². The van der Waals surface area contributed by atoms with Gasteiger partial charge in [-0.15, -0.1) is 11.8 Å². The van der Waals surface area contributed by atoms with Crippen LogP contribution in [0.25, 0.3) is 10.8 Å². The van der Waals surface area contributed by atoms with Gasteiger partial charge < -0.3 is 0 Å². The Morgan fingerprint density at radius 1 is 0.553 bits per heavy atom. The van der Waals surface area contributed by atoms with E-state index in [-0.39, 0.29) is 4.90 Å². The smallest absolute Gasteiger partial charge is 0.248 e. The van der Waals surface area contributed by atoms with E-state index in [2.05, 4.69) is 36.4 Å². The Labute approximate surface area is 227 Å². The summed E-state index contributed by atoms with van der Waals surface area (Å²) in [4.78, 5) is 1.12. The summed E-state index contributed by atoms with van der Waals surface area (Å²) in [7, 11) is -3.76. The third-order valence-electron chi connectivity index (χ3n) is 6.75. The molecule has 6 rings (SSSR count). The second-order valence-electron chi connectivity index (χ2n) is 9.07. The lowest BCUT2D eigenvalue weighted by Crippen LogP contribution is -2.25. The maximum Gasteiger partial charge on any atom is 0.267 e. The SMILES string of the molecule is O=S(=O)(c1ccc2ccccc2c1)n1ccc(SC(c2ccccc2)(c2ccccc2)c2ccccc2)c1. The highest BCUT2D eigenvalue weighted by Crippen LogP contribution is 2.51. The molecule has 0 saturated carbocycles. The van der Waals surface area contributed by atoms with Crippen LogP contribution in [0.4, 0.5) is 0 Å². The first-order valence-electron chi connectivity index (χ1n) is 12.4. The minimum Gasteiger partial charge on any atom is -0.248 e. The Morgan fingerprint density at radius 3 is 1.61 bits per heavy atom. The lowest BCUT2D eigenvalue weighted by Gasteiger charge is -2.35. The molecule has 0 radical (unpaired) electrons. The highest BCUT2D eigenvalue weighted by atomic mass is 32.2. The third kappa shape index (κ3) is 4.34. The van der Waals surface area contributed by atoms with Gasteiger partial charge in [0, 0.05) is 17.3 Å². The molecule has 0 amide bonds. The van der Waals surface area contributed by atoms with Crippen molar-refractivity contribution in [2.75, 3.05) is 0 Å². The maximum atomic E-state index is 13.6. The number of benzene rings is 5. The first kappa shape index (κ1) is 24.3. The van der Waals surface area contributed by atoms with Crippen LogP contribution in [0.2, 0.25) is 0 Å². The highest BCUT2D eigenvalue weighted by Gasteiger charge is 2.38. The zero-order valence-corrected chi connectivity index (χ0v) is 22.1. The van der Waals surface area contributed by atoms with Crippen molar-refractivity contribution in [2.45, 2.75) is 14.5 Å². The quantitative estimate of drug-likeness (QED) is 0.155. The van der Waals surface area contributed by atoms with Gasteiger partial charge in [-0.2, -0.15) is 0 Å². The summed E-state index contributed by atoms with van der Waals surface area (Å²) in [5.41, 5.74) is 3.35. The number of aromatic nitrogens is 1. The van der Waals surface area contributed by atoms with E-state index < -0.39 is 14.8 Å². The molecule has 6 aromatic rings. The van der Waals surface area contributed by atoms with Gasteiger partial charge in [-0.25, -0.2) is 12.4 Å². The van der Waals surface area contributed by atoms with Crippen LogP contribution in [0.3, 0.4) is 0 Å². The molecule has 186 valence electrons. The van der Waals surface area contributed by atoms with Gasteiger partial charge >= 0.3 is 0 Å². The minimum absolute atomic E-state index is 0.267. The fraction of sp³-hybridized carbons (Fsp3) is 0.0303. The largest absolute Gasteiger partial charge is 0.267 e.